The number of methoxy groups -OCH3 is 1. The van der Waals surface area contributed by atoms with Crippen LogP contribution in [-0.4, -0.2) is 30.7 Å². The first-order valence-electron chi connectivity index (χ1n) is 5.32. The monoisotopic (exact) mass is 221 g/mol. The molecule has 4 nitrogen and oxygen atoms in total. The Morgan fingerprint density at radius 1 is 1.44 bits per heavy atom. The molecule has 1 aromatic carbocycles. The van der Waals surface area contributed by atoms with Crippen molar-refractivity contribution in [2.45, 2.75) is 19.1 Å². The van der Waals surface area contributed by atoms with E-state index in [0.717, 1.165) is 18.5 Å². The van der Waals surface area contributed by atoms with Crippen LogP contribution in [-0.2, 0) is 21.0 Å². The number of carbonyl (C=O) groups excluding carboxylic acids is 1. The van der Waals surface area contributed by atoms with Gasteiger partial charge in [-0.05, 0) is 12.0 Å². The number of hydrogen-bond acceptors (Lipinski definition) is 4. The van der Waals surface area contributed by atoms with Gasteiger partial charge in [0, 0.05) is 6.54 Å². The molecular formula is C12H15NO3. The summed E-state index contributed by atoms with van der Waals surface area (Å²) >= 11 is 0. The Morgan fingerprint density at radius 3 is 2.75 bits per heavy atom. The Morgan fingerprint density at radius 2 is 2.19 bits per heavy atom. The maximum absolute atomic E-state index is 11.3. The zero-order valence-electron chi connectivity index (χ0n) is 9.26. The van der Waals surface area contributed by atoms with E-state index in [9.17, 15) is 4.79 Å². The van der Waals surface area contributed by atoms with Gasteiger partial charge in [-0.1, -0.05) is 30.3 Å². The minimum absolute atomic E-state index is 0.223. The summed E-state index contributed by atoms with van der Waals surface area (Å²) in [6.45, 7) is 1.28. The highest BCUT2D eigenvalue weighted by atomic mass is 16.7. The number of carbonyl (C=O) groups is 1. The Bertz CT molecular complexity index is 353. The van der Waals surface area contributed by atoms with Gasteiger partial charge in [0.15, 0.2) is 0 Å². The molecule has 0 aliphatic carbocycles. The first-order valence-corrected chi connectivity index (χ1v) is 5.32. The number of nitrogens with zero attached hydrogens (tertiary/aromatic N) is 1. The lowest BCUT2D eigenvalue weighted by Crippen LogP contribution is -2.52. The van der Waals surface area contributed by atoms with E-state index in [1.165, 1.54) is 7.11 Å². The zero-order valence-corrected chi connectivity index (χ0v) is 9.26. The van der Waals surface area contributed by atoms with Crippen molar-refractivity contribution in [1.82, 2.24) is 5.06 Å². The molecule has 2 rings (SSSR count). The van der Waals surface area contributed by atoms with Gasteiger partial charge in [0.05, 0.1) is 13.7 Å². The average molecular weight is 221 g/mol. The molecule has 1 unspecified atom stereocenters. The molecule has 1 heterocycles. The molecule has 1 aromatic rings. The fraction of sp³-hybridized carbons (Fsp3) is 0.417. The normalized spacial score (nSPS) is 20.2. The van der Waals surface area contributed by atoms with Crippen LogP contribution in [0.4, 0.5) is 0 Å². The maximum atomic E-state index is 11.3. The molecule has 0 aromatic heterocycles. The third kappa shape index (κ3) is 2.40. The molecule has 86 valence electrons. The minimum atomic E-state index is -0.228. The molecule has 0 saturated carbocycles. The fourth-order valence-electron chi connectivity index (χ4n) is 1.62. The lowest BCUT2D eigenvalue weighted by Gasteiger charge is -2.37. The molecule has 0 amide bonds. The highest BCUT2D eigenvalue weighted by molar-refractivity contribution is 5.76. The number of esters is 1. The summed E-state index contributed by atoms with van der Waals surface area (Å²) in [5.74, 6) is -0.223. The largest absolute Gasteiger partial charge is 0.468 e. The standard InChI is InChI=1S/C12H15NO3/c1-15-12(14)11-7-8-13(11)16-9-10-5-3-2-4-6-10/h2-6,11H,7-9H2,1H3. The van der Waals surface area contributed by atoms with Crippen molar-refractivity contribution in [3.8, 4) is 0 Å². The summed E-state index contributed by atoms with van der Waals surface area (Å²) in [7, 11) is 1.40. The number of rotatable bonds is 4. The minimum Gasteiger partial charge on any atom is -0.468 e. The molecule has 1 aliphatic heterocycles. The van der Waals surface area contributed by atoms with Crippen molar-refractivity contribution >= 4 is 5.97 Å². The van der Waals surface area contributed by atoms with Crippen LogP contribution < -0.4 is 0 Å². The van der Waals surface area contributed by atoms with E-state index in [1.54, 1.807) is 5.06 Å². The van der Waals surface area contributed by atoms with Gasteiger partial charge < -0.3 is 4.74 Å². The summed E-state index contributed by atoms with van der Waals surface area (Å²) in [6, 6.07) is 9.65. The molecule has 0 spiro atoms. The number of hydrogen-bond donors (Lipinski definition) is 0. The first kappa shape index (κ1) is 11.1. The second-order valence-electron chi connectivity index (χ2n) is 3.73. The number of ether oxygens (including phenoxy) is 1. The summed E-state index contributed by atoms with van der Waals surface area (Å²) in [5.41, 5.74) is 1.10. The third-order valence-corrected chi connectivity index (χ3v) is 2.68. The summed E-state index contributed by atoms with van der Waals surface area (Å²) in [4.78, 5) is 16.8. The molecular weight excluding hydrogens is 206 g/mol. The van der Waals surface area contributed by atoms with E-state index in [1.807, 2.05) is 30.3 Å². The third-order valence-electron chi connectivity index (χ3n) is 2.68. The van der Waals surface area contributed by atoms with Crippen molar-refractivity contribution in [3.05, 3.63) is 35.9 Å². The van der Waals surface area contributed by atoms with Crippen molar-refractivity contribution in [1.29, 1.82) is 0 Å². The van der Waals surface area contributed by atoms with Crippen LogP contribution in [0.5, 0.6) is 0 Å². The Labute approximate surface area is 94.7 Å². The van der Waals surface area contributed by atoms with Crippen LogP contribution in [0.3, 0.4) is 0 Å². The van der Waals surface area contributed by atoms with Gasteiger partial charge in [-0.3, -0.25) is 9.63 Å². The smallest absolute Gasteiger partial charge is 0.325 e. The van der Waals surface area contributed by atoms with Crippen molar-refractivity contribution in [2.75, 3.05) is 13.7 Å². The van der Waals surface area contributed by atoms with E-state index in [0.29, 0.717) is 6.61 Å². The molecule has 1 aliphatic rings. The van der Waals surface area contributed by atoms with E-state index in [4.69, 9.17) is 4.84 Å². The van der Waals surface area contributed by atoms with Gasteiger partial charge in [0.2, 0.25) is 0 Å². The zero-order chi connectivity index (χ0) is 11.4. The Balaban J connectivity index is 1.81. The van der Waals surface area contributed by atoms with Crippen LogP contribution in [0.15, 0.2) is 30.3 Å². The fourth-order valence-corrected chi connectivity index (χ4v) is 1.62. The van der Waals surface area contributed by atoms with Gasteiger partial charge >= 0.3 is 5.97 Å². The van der Waals surface area contributed by atoms with Gasteiger partial charge in [-0.15, -0.1) is 0 Å². The van der Waals surface area contributed by atoms with E-state index >= 15 is 0 Å². The van der Waals surface area contributed by atoms with Crippen LogP contribution in [0, 0.1) is 0 Å². The average Bonchev–Trinajstić information content (AvgIpc) is 2.29. The molecule has 0 N–H and O–H groups in total. The number of benzene rings is 1. The quantitative estimate of drug-likeness (QED) is 0.720. The molecule has 16 heavy (non-hydrogen) atoms. The highest BCUT2D eigenvalue weighted by Crippen LogP contribution is 2.19. The molecule has 4 heteroatoms. The van der Waals surface area contributed by atoms with Crippen molar-refractivity contribution in [2.24, 2.45) is 0 Å². The van der Waals surface area contributed by atoms with Crippen LogP contribution >= 0.6 is 0 Å². The lowest BCUT2D eigenvalue weighted by atomic mass is 10.1. The van der Waals surface area contributed by atoms with E-state index in [2.05, 4.69) is 4.74 Å². The summed E-state index contributed by atoms with van der Waals surface area (Å²) < 4.78 is 4.68. The Kier molecular flexibility index (Phi) is 3.54. The van der Waals surface area contributed by atoms with Crippen molar-refractivity contribution < 1.29 is 14.4 Å². The van der Waals surface area contributed by atoms with E-state index in [-0.39, 0.29) is 12.0 Å². The molecule has 1 fully saturated rings. The lowest BCUT2D eigenvalue weighted by molar-refractivity contribution is -0.243. The SMILES string of the molecule is COC(=O)C1CCN1OCc1ccccc1. The Hall–Kier alpha value is -1.39. The predicted molar refractivity (Wildman–Crippen MR) is 58.4 cm³/mol. The van der Waals surface area contributed by atoms with Gasteiger partial charge in [-0.2, -0.15) is 5.06 Å². The van der Waals surface area contributed by atoms with Gasteiger partial charge in [0.1, 0.15) is 6.04 Å². The predicted octanol–water partition coefficient (Wildman–Crippen LogP) is 1.37. The maximum Gasteiger partial charge on any atom is 0.325 e. The second-order valence-corrected chi connectivity index (χ2v) is 3.73. The van der Waals surface area contributed by atoms with E-state index < -0.39 is 0 Å². The highest BCUT2D eigenvalue weighted by Gasteiger charge is 2.36. The summed E-state index contributed by atoms with van der Waals surface area (Å²) in [6.07, 6.45) is 0.807. The molecule has 0 radical (unpaired) electrons. The van der Waals surface area contributed by atoms with Crippen LogP contribution in [0.2, 0.25) is 0 Å². The summed E-state index contributed by atoms with van der Waals surface area (Å²) in [5, 5.41) is 1.68. The second kappa shape index (κ2) is 5.09. The molecule has 1 saturated heterocycles. The topological polar surface area (TPSA) is 38.8 Å². The van der Waals surface area contributed by atoms with Crippen LogP contribution in [0.1, 0.15) is 12.0 Å². The molecule has 1 atom stereocenters. The van der Waals surface area contributed by atoms with Crippen LogP contribution in [0.25, 0.3) is 0 Å². The first-order chi connectivity index (χ1) is 7.81. The molecule has 0 bridgehead atoms. The van der Waals surface area contributed by atoms with Gasteiger partial charge in [0.25, 0.3) is 0 Å². The van der Waals surface area contributed by atoms with Gasteiger partial charge in [-0.25, -0.2) is 0 Å². The number of hydroxylamine groups is 2. The van der Waals surface area contributed by atoms with Crippen molar-refractivity contribution in [3.63, 3.8) is 0 Å².